The third-order valence-electron chi connectivity index (χ3n) is 6.42. The number of terminal acetylenes is 3. The van der Waals surface area contributed by atoms with E-state index in [0.717, 1.165) is 0 Å². The molecule has 1 rings (SSSR count). The van der Waals surface area contributed by atoms with Gasteiger partial charge in [-0.3, -0.25) is 24.0 Å². The lowest BCUT2D eigenvalue weighted by Crippen LogP contribution is -2.52. The first-order valence-electron chi connectivity index (χ1n) is 12.7. The number of esters is 1. The lowest BCUT2D eigenvalue weighted by molar-refractivity contribution is -0.148. The van der Waals surface area contributed by atoms with Crippen molar-refractivity contribution in [1.29, 1.82) is 0 Å². The maximum atomic E-state index is 13.4. The van der Waals surface area contributed by atoms with Crippen LogP contribution in [0.2, 0.25) is 0 Å². The Kier molecular flexibility index (Phi) is 14.7. The first-order chi connectivity index (χ1) is 18.1. The van der Waals surface area contributed by atoms with Crippen LogP contribution in [-0.2, 0) is 28.7 Å². The van der Waals surface area contributed by atoms with E-state index >= 15 is 0 Å². The van der Waals surface area contributed by atoms with E-state index in [1.54, 1.807) is 0 Å². The fourth-order valence-corrected chi connectivity index (χ4v) is 4.38. The minimum atomic E-state index is -1.03. The normalized spacial score (nSPS) is 16.5. The lowest BCUT2D eigenvalue weighted by atomic mass is 9.81. The van der Waals surface area contributed by atoms with Crippen molar-refractivity contribution in [3.05, 3.63) is 0 Å². The number of hydrogen-bond donors (Lipinski definition) is 4. The third-order valence-corrected chi connectivity index (χ3v) is 6.42. The van der Waals surface area contributed by atoms with Crippen molar-refractivity contribution in [3.8, 4) is 37.0 Å². The molecule has 0 radical (unpaired) electrons. The molecule has 0 bridgehead atoms. The highest BCUT2D eigenvalue weighted by molar-refractivity contribution is 5.81. The molecule has 0 aromatic rings. The van der Waals surface area contributed by atoms with Crippen LogP contribution in [-0.4, -0.2) is 60.9 Å². The molecule has 0 heterocycles. The van der Waals surface area contributed by atoms with Gasteiger partial charge >= 0.3 is 5.97 Å². The maximum Gasteiger partial charge on any atom is 0.302 e. The van der Waals surface area contributed by atoms with E-state index in [2.05, 4.69) is 39.0 Å². The van der Waals surface area contributed by atoms with Crippen molar-refractivity contribution in [2.45, 2.75) is 82.8 Å². The van der Waals surface area contributed by atoms with Gasteiger partial charge in [-0.25, -0.2) is 0 Å². The second-order valence-corrected chi connectivity index (χ2v) is 9.30. The largest absolute Gasteiger partial charge is 0.463 e. The second kappa shape index (κ2) is 17.5. The van der Waals surface area contributed by atoms with Crippen molar-refractivity contribution >= 4 is 29.6 Å². The number of ether oxygens (including phenoxy) is 1. The molecule has 0 spiro atoms. The molecule has 1 aliphatic carbocycles. The minimum absolute atomic E-state index is 0.0269. The molecule has 0 atom stereocenters. The summed E-state index contributed by atoms with van der Waals surface area (Å²) >= 11 is 0. The van der Waals surface area contributed by atoms with E-state index in [1.807, 2.05) is 0 Å². The van der Waals surface area contributed by atoms with Crippen LogP contribution in [0.4, 0.5) is 0 Å². The molecule has 1 saturated carbocycles. The summed E-state index contributed by atoms with van der Waals surface area (Å²) in [6.45, 7) is 1.54. The average molecular weight is 527 g/mol. The van der Waals surface area contributed by atoms with Crippen LogP contribution in [0.1, 0.15) is 71.1 Å². The Morgan fingerprint density at radius 1 is 0.737 bits per heavy atom. The minimum Gasteiger partial charge on any atom is -0.463 e. The number of carbonyl (C=O) groups excluding carboxylic acids is 5. The Labute approximate surface area is 225 Å². The third kappa shape index (κ3) is 12.8. The smallest absolute Gasteiger partial charge is 0.302 e. The molecule has 10 heteroatoms. The Morgan fingerprint density at radius 3 is 1.47 bits per heavy atom. The zero-order chi connectivity index (χ0) is 28.4. The van der Waals surface area contributed by atoms with Crippen LogP contribution in [0.25, 0.3) is 0 Å². The Bertz CT molecular complexity index is 880. The molecule has 0 unspecified atom stereocenters. The van der Waals surface area contributed by atoms with Crippen LogP contribution >= 0.6 is 0 Å². The molecule has 38 heavy (non-hydrogen) atoms. The van der Waals surface area contributed by atoms with Gasteiger partial charge in [0.2, 0.25) is 23.6 Å². The first-order valence-corrected chi connectivity index (χ1v) is 12.7. The molecule has 0 saturated heterocycles. The highest BCUT2D eigenvalue weighted by Crippen LogP contribution is 2.30. The highest BCUT2D eigenvalue weighted by Gasteiger charge is 2.36. The number of nitrogens with one attached hydrogen (secondary N) is 4. The Morgan fingerprint density at radius 2 is 1.13 bits per heavy atom. The Hall–Kier alpha value is -3.97. The van der Waals surface area contributed by atoms with Crippen molar-refractivity contribution in [2.24, 2.45) is 5.92 Å². The maximum absolute atomic E-state index is 13.4. The van der Waals surface area contributed by atoms with Gasteiger partial charge in [-0.2, -0.15) is 0 Å². The molecule has 1 fully saturated rings. The van der Waals surface area contributed by atoms with Gasteiger partial charge in [0.15, 0.2) is 0 Å². The molecule has 0 aromatic heterocycles. The average Bonchev–Trinajstić information content (AvgIpc) is 2.90. The predicted molar refractivity (Wildman–Crippen MR) is 142 cm³/mol. The number of carbonyl (C=O) groups is 5. The second-order valence-electron chi connectivity index (χ2n) is 9.30. The van der Waals surface area contributed by atoms with Crippen molar-refractivity contribution < 1.29 is 28.7 Å². The van der Waals surface area contributed by atoms with Gasteiger partial charge in [0.05, 0.1) is 19.6 Å². The van der Waals surface area contributed by atoms with Gasteiger partial charge < -0.3 is 26.0 Å². The number of hydrogen-bond acceptors (Lipinski definition) is 6. The van der Waals surface area contributed by atoms with Crippen LogP contribution in [0, 0.1) is 42.9 Å². The van der Waals surface area contributed by atoms with E-state index in [0.29, 0.717) is 25.7 Å². The fraction of sp³-hybridized carbons (Fsp3) is 0.607. The summed E-state index contributed by atoms with van der Waals surface area (Å²) in [5.74, 6) is 5.16. The topological polar surface area (TPSA) is 143 Å². The molecule has 0 aromatic carbocycles. The molecule has 10 nitrogen and oxygen atoms in total. The first kappa shape index (κ1) is 32.1. The zero-order valence-corrected chi connectivity index (χ0v) is 22.0. The van der Waals surface area contributed by atoms with Gasteiger partial charge in [0.25, 0.3) is 0 Å². The summed E-state index contributed by atoms with van der Waals surface area (Å²) < 4.78 is 5.27. The van der Waals surface area contributed by atoms with Crippen molar-refractivity contribution in [3.63, 3.8) is 0 Å². The van der Waals surface area contributed by atoms with E-state index < -0.39 is 5.54 Å². The standard InChI is InChI=1S/C28H38N4O6/c1-5-18-29-24(34)12-15-28(16-13-25(35)30-19-6-2,17-14-26(36)31-20-7-3)32-27(37)22-8-10-23(11-9-22)38-21(4)33/h1-3,22-23H,8-20H2,4H3,(H,29,34)(H,30,35)(H,31,36)(H,32,37). The van der Waals surface area contributed by atoms with Crippen LogP contribution < -0.4 is 21.3 Å². The van der Waals surface area contributed by atoms with Gasteiger partial charge in [0.1, 0.15) is 6.10 Å². The molecule has 4 amide bonds. The van der Waals surface area contributed by atoms with Gasteiger partial charge in [-0.15, -0.1) is 19.3 Å². The molecule has 4 N–H and O–H groups in total. The molecular weight excluding hydrogens is 488 g/mol. The molecular formula is C28H38N4O6. The summed E-state index contributed by atoms with van der Waals surface area (Å²) in [6, 6.07) is 0. The number of rotatable bonds is 15. The van der Waals surface area contributed by atoms with Crippen LogP contribution in [0.3, 0.4) is 0 Å². The van der Waals surface area contributed by atoms with Gasteiger partial charge in [-0.1, -0.05) is 17.8 Å². The fourth-order valence-electron chi connectivity index (χ4n) is 4.38. The quantitative estimate of drug-likeness (QED) is 0.181. The monoisotopic (exact) mass is 526 g/mol. The Balaban J connectivity index is 3.08. The van der Waals surface area contributed by atoms with Crippen molar-refractivity contribution in [1.82, 2.24) is 21.3 Å². The van der Waals surface area contributed by atoms with Crippen molar-refractivity contribution in [2.75, 3.05) is 19.6 Å². The van der Waals surface area contributed by atoms with Gasteiger partial charge in [0, 0.05) is 37.6 Å². The van der Waals surface area contributed by atoms with E-state index in [4.69, 9.17) is 24.0 Å². The van der Waals surface area contributed by atoms with E-state index in [-0.39, 0.29) is 99.8 Å². The number of amides is 4. The molecule has 206 valence electrons. The SMILES string of the molecule is C#CCNC(=O)CCC(CCC(=O)NCC#C)(CCC(=O)NCC#C)NC(=O)C1CCC(OC(C)=O)CC1. The summed E-state index contributed by atoms with van der Waals surface area (Å²) in [5.41, 5.74) is -1.03. The molecule has 0 aliphatic heterocycles. The summed E-state index contributed by atoms with van der Waals surface area (Å²) in [5, 5.41) is 10.9. The van der Waals surface area contributed by atoms with Crippen LogP contribution in [0.15, 0.2) is 0 Å². The summed E-state index contributed by atoms with van der Waals surface area (Å²) in [6.07, 6.45) is 18.2. The lowest BCUT2D eigenvalue weighted by Gasteiger charge is -2.37. The van der Waals surface area contributed by atoms with Gasteiger partial charge in [-0.05, 0) is 44.9 Å². The predicted octanol–water partition coefficient (Wildman–Crippen LogP) is 0.552. The summed E-state index contributed by atoms with van der Waals surface area (Å²) in [7, 11) is 0. The molecule has 1 aliphatic rings. The summed E-state index contributed by atoms with van der Waals surface area (Å²) in [4.78, 5) is 61.7. The van der Waals surface area contributed by atoms with Crippen LogP contribution in [0.5, 0.6) is 0 Å². The highest BCUT2D eigenvalue weighted by atomic mass is 16.5. The van der Waals surface area contributed by atoms with E-state index in [1.165, 1.54) is 6.92 Å². The zero-order valence-electron chi connectivity index (χ0n) is 22.0. The van der Waals surface area contributed by atoms with E-state index in [9.17, 15) is 24.0 Å².